The van der Waals surface area contributed by atoms with Gasteiger partial charge in [0.15, 0.2) is 6.61 Å². The summed E-state index contributed by atoms with van der Waals surface area (Å²) in [5.74, 6) is -0.940. The Morgan fingerprint density at radius 1 is 1.13 bits per heavy atom. The SMILES string of the molecule is CSc1ccccc1NC(=O)COC(=O)c1cccnc1SC. The van der Waals surface area contributed by atoms with E-state index in [9.17, 15) is 9.59 Å². The molecule has 0 aliphatic rings. The molecule has 120 valence electrons. The second kappa shape index (κ2) is 8.59. The molecule has 0 bridgehead atoms. The highest BCUT2D eigenvalue weighted by Gasteiger charge is 2.15. The lowest BCUT2D eigenvalue weighted by atomic mass is 10.3. The zero-order valence-electron chi connectivity index (χ0n) is 12.7. The van der Waals surface area contributed by atoms with Crippen LogP contribution < -0.4 is 5.32 Å². The van der Waals surface area contributed by atoms with E-state index in [4.69, 9.17) is 4.74 Å². The highest BCUT2D eigenvalue weighted by Crippen LogP contribution is 2.24. The Morgan fingerprint density at radius 3 is 2.65 bits per heavy atom. The summed E-state index contributed by atoms with van der Waals surface area (Å²) in [4.78, 5) is 29.0. The number of aromatic nitrogens is 1. The predicted molar refractivity (Wildman–Crippen MR) is 93.2 cm³/mol. The van der Waals surface area contributed by atoms with E-state index in [2.05, 4.69) is 10.3 Å². The highest BCUT2D eigenvalue weighted by atomic mass is 32.2. The summed E-state index contributed by atoms with van der Waals surface area (Å²) < 4.78 is 5.07. The molecule has 1 amide bonds. The first-order valence-electron chi connectivity index (χ1n) is 6.74. The van der Waals surface area contributed by atoms with Crippen LogP contribution in [0.2, 0.25) is 0 Å². The molecule has 2 rings (SSSR count). The fraction of sp³-hybridized carbons (Fsp3) is 0.188. The third-order valence-corrected chi connectivity index (χ3v) is 4.41. The van der Waals surface area contributed by atoms with Crippen molar-refractivity contribution in [3.05, 3.63) is 48.2 Å². The first-order chi connectivity index (χ1) is 11.2. The number of thioether (sulfide) groups is 2. The van der Waals surface area contributed by atoms with Crippen molar-refractivity contribution in [2.24, 2.45) is 0 Å². The number of para-hydroxylation sites is 1. The number of hydrogen-bond donors (Lipinski definition) is 1. The molecule has 0 atom stereocenters. The predicted octanol–water partition coefficient (Wildman–Crippen LogP) is 3.32. The van der Waals surface area contributed by atoms with E-state index in [1.54, 1.807) is 24.4 Å². The van der Waals surface area contributed by atoms with Crippen molar-refractivity contribution >= 4 is 41.1 Å². The Morgan fingerprint density at radius 2 is 1.91 bits per heavy atom. The Bertz CT molecular complexity index is 707. The van der Waals surface area contributed by atoms with Crippen LogP contribution >= 0.6 is 23.5 Å². The van der Waals surface area contributed by atoms with Crippen LogP contribution in [0.4, 0.5) is 5.69 Å². The molecule has 0 saturated heterocycles. The normalized spacial score (nSPS) is 10.2. The lowest BCUT2D eigenvalue weighted by molar-refractivity contribution is -0.119. The third kappa shape index (κ3) is 4.74. The molecule has 23 heavy (non-hydrogen) atoms. The fourth-order valence-corrected chi connectivity index (χ4v) is 2.94. The first kappa shape index (κ1) is 17.4. The number of rotatable bonds is 6. The van der Waals surface area contributed by atoms with Gasteiger partial charge in [0.05, 0.1) is 11.3 Å². The van der Waals surface area contributed by atoms with E-state index in [-0.39, 0.29) is 12.5 Å². The Labute approximate surface area is 143 Å². The monoisotopic (exact) mass is 348 g/mol. The van der Waals surface area contributed by atoms with E-state index in [1.165, 1.54) is 23.5 Å². The number of benzene rings is 1. The van der Waals surface area contributed by atoms with Gasteiger partial charge in [0.1, 0.15) is 5.03 Å². The average Bonchev–Trinajstić information content (AvgIpc) is 2.60. The van der Waals surface area contributed by atoms with E-state index in [1.807, 2.05) is 30.7 Å². The van der Waals surface area contributed by atoms with Gasteiger partial charge < -0.3 is 10.1 Å². The standard InChI is InChI=1S/C16H16N2O3S2/c1-22-13-8-4-3-7-12(13)18-14(19)10-21-16(20)11-6-5-9-17-15(11)23-2/h3-9H,10H2,1-2H3,(H,18,19). The quantitative estimate of drug-likeness (QED) is 0.638. The minimum atomic E-state index is -0.559. The lowest BCUT2D eigenvalue weighted by Gasteiger charge is -2.10. The molecule has 0 fully saturated rings. The number of anilines is 1. The van der Waals surface area contributed by atoms with Crippen LogP contribution in [0, 0.1) is 0 Å². The van der Waals surface area contributed by atoms with E-state index in [0.717, 1.165) is 4.90 Å². The van der Waals surface area contributed by atoms with Crippen LogP contribution in [-0.2, 0) is 9.53 Å². The first-order valence-corrected chi connectivity index (χ1v) is 9.19. The molecule has 0 aliphatic heterocycles. The van der Waals surface area contributed by atoms with Gasteiger partial charge in [0.25, 0.3) is 5.91 Å². The number of pyridine rings is 1. The van der Waals surface area contributed by atoms with Crippen molar-refractivity contribution < 1.29 is 14.3 Å². The summed E-state index contributed by atoms with van der Waals surface area (Å²) in [7, 11) is 0. The largest absolute Gasteiger partial charge is 0.452 e. The number of amides is 1. The van der Waals surface area contributed by atoms with Crippen LogP contribution in [0.5, 0.6) is 0 Å². The van der Waals surface area contributed by atoms with Crippen LogP contribution in [-0.4, -0.2) is 36.0 Å². The molecule has 0 saturated carbocycles. The Balaban J connectivity index is 1.95. The summed E-state index contributed by atoms with van der Waals surface area (Å²) in [6, 6.07) is 10.7. The van der Waals surface area contributed by atoms with Gasteiger partial charge in [-0.3, -0.25) is 4.79 Å². The average molecular weight is 348 g/mol. The van der Waals surface area contributed by atoms with E-state index < -0.39 is 5.97 Å². The van der Waals surface area contributed by atoms with Crippen molar-refractivity contribution in [3.63, 3.8) is 0 Å². The van der Waals surface area contributed by atoms with Gasteiger partial charge in [-0.25, -0.2) is 9.78 Å². The van der Waals surface area contributed by atoms with Crippen LogP contribution in [0.25, 0.3) is 0 Å². The molecule has 0 aliphatic carbocycles. The smallest absolute Gasteiger partial charge is 0.341 e. The minimum absolute atomic E-state index is 0.343. The number of carbonyl (C=O) groups excluding carboxylic acids is 2. The van der Waals surface area contributed by atoms with E-state index in [0.29, 0.717) is 16.3 Å². The van der Waals surface area contributed by atoms with Gasteiger partial charge >= 0.3 is 5.97 Å². The third-order valence-electron chi connectivity index (χ3n) is 2.90. The van der Waals surface area contributed by atoms with Gasteiger partial charge in [0, 0.05) is 11.1 Å². The molecule has 2 aromatic rings. The van der Waals surface area contributed by atoms with Crippen LogP contribution in [0.1, 0.15) is 10.4 Å². The van der Waals surface area contributed by atoms with Crippen molar-refractivity contribution in [2.75, 3.05) is 24.4 Å². The second-order valence-electron chi connectivity index (χ2n) is 4.38. The van der Waals surface area contributed by atoms with Gasteiger partial charge in [-0.05, 0) is 36.8 Å². The molecule has 1 N–H and O–H groups in total. The molecule has 5 nitrogen and oxygen atoms in total. The van der Waals surface area contributed by atoms with Crippen molar-refractivity contribution in [2.45, 2.75) is 9.92 Å². The second-order valence-corrected chi connectivity index (χ2v) is 6.03. The van der Waals surface area contributed by atoms with Crippen molar-refractivity contribution in [3.8, 4) is 0 Å². The fourth-order valence-electron chi connectivity index (χ4n) is 1.85. The number of esters is 1. The van der Waals surface area contributed by atoms with Gasteiger partial charge in [-0.1, -0.05) is 12.1 Å². The number of nitrogens with zero attached hydrogens (tertiary/aromatic N) is 1. The summed E-state index contributed by atoms with van der Waals surface area (Å²) in [5, 5.41) is 3.31. The molecular formula is C16H16N2O3S2. The summed E-state index contributed by atoms with van der Waals surface area (Å²) in [6.45, 7) is -0.343. The van der Waals surface area contributed by atoms with Crippen molar-refractivity contribution in [1.29, 1.82) is 0 Å². The molecule has 1 heterocycles. The van der Waals surface area contributed by atoms with Crippen LogP contribution in [0.3, 0.4) is 0 Å². The van der Waals surface area contributed by atoms with Gasteiger partial charge in [0.2, 0.25) is 0 Å². The maximum Gasteiger partial charge on any atom is 0.341 e. The molecular weight excluding hydrogens is 332 g/mol. The Hall–Kier alpha value is -1.99. The molecule has 7 heteroatoms. The maximum absolute atomic E-state index is 12.0. The number of nitrogens with one attached hydrogen (secondary N) is 1. The summed E-state index contributed by atoms with van der Waals surface area (Å²) >= 11 is 2.88. The van der Waals surface area contributed by atoms with Gasteiger partial charge in [-0.2, -0.15) is 0 Å². The zero-order chi connectivity index (χ0) is 16.7. The van der Waals surface area contributed by atoms with Crippen LogP contribution in [0.15, 0.2) is 52.5 Å². The highest BCUT2D eigenvalue weighted by molar-refractivity contribution is 7.98. The molecule has 1 aromatic heterocycles. The van der Waals surface area contributed by atoms with Crippen molar-refractivity contribution in [1.82, 2.24) is 4.98 Å². The molecule has 1 aromatic carbocycles. The molecule has 0 spiro atoms. The summed E-state index contributed by atoms with van der Waals surface area (Å²) in [5.41, 5.74) is 1.06. The number of carbonyl (C=O) groups is 2. The zero-order valence-corrected chi connectivity index (χ0v) is 14.4. The van der Waals surface area contributed by atoms with E-state index >= 15 is 0 Å². The Kier molecular flexibility index (Phi) is 6.49. The molecule has 0 radical (unpaired) electrons. The molecule has 0 unspecified atom stereocenters. The maximum atomic E-state index is 12.0. The van der Waals surface area contributed by atoms with Gasteiger partial charge in [-0.15, -0.1) is 23.5 Å². The topological polar surface area (TPSA) is 68.3 Å². The summed E-state index contributed by atoms with van der Waals surface area (Å²) in [6.07, 6.45) is 5.36. The number of hydrogen-bond acceptors (Lipinski definition) is 6. The lowest BCUT2D eigenvalue weighted by Crippen LogP contribution is -2.21. The number of ether oxygens (including phenoxy) is 1. The minimum Gasteiger partial charge on any atom is -0.452 e.